The molecule has 0 radical (unpaired) electrons. The van der Waals surface area contributed by atoms with Crippen molar-refractivity contribution in [2.45, 2.75) is 26.3 Å². The molecule has 1 aromatic carbocycles. The summed E-state index contributed by atoms with van der Waals surface area (Å²) >= 11 is 0. The van der Waals surface area contributed by atoms with Gasteiger partial charge in [-0.25, -0.2) is 8.78 Å². The van der Waals surface area contributed by atoms with Gasteiger partial charge in [-0.2, -0.15) is 0 Å². The highest BCUT2D eigenvalue weighted by Crippen LogP contribution is 2.26. The lowest BCUT2D eigenvalue weighted by atomic mass is 10.0. The lowest BCUT2D eigenvalue weighted by molar-refractivity contribution is 0.152. The Morgan fingerprint density at radius 2 is 2.00 bits per heavy atom. The van der Waals surface area contributed by atoms with E-state index in [-0.39, 0.29) is 25.7 Å². The Morgan fingerprint density at radius 1 is 1.32 bits per heavy atom. The summed E-state index contributed by atoms with van der Waals surface area (Å²) in [6.07, 6.45) is -2.42. The van der Waals surface area contributed by atoms with Gasteiger partial charge in [0.15, 0.2) is 0 Å². The van der Waals surface area contributed by atoms with Crippen LogP contribution in [0, 0.1) is 0 Å². The second kappa shape index (κ2) is 8.07. The molecule has 0 heterocycles. The summed E-state index contributed by atoms with van der Waals surface area (Å²) in [5, 5.41) is 12.3. The summed E-state index contributed by atoms with van der Waals surface area (Å²) in [4.78, 5) is 1.54. The van der Waals surface area contributed by atoms with E-state index in [1.165, 1.54) is 4.90 Å². The van der Waals surface area contributed by atoms with Crippen LogP contribution in [-0.4, -0.2) is 37.8 Å². The molecule has 1 atom stereocenters. The van der Waals surface area contributed by atoms with Crippen LogP contribution in [0.25, 0.3) is 0 Å². The van der Waals surface area contributed by atoms with Gasteiger partial charge in [0.05, 0.1) is 13.2 Å². The summed E-state index contributed by atoms with van der Waals surface area (Å²) in [6, 6.07) is 7.55. The van der Waals surface area contributed by atoms with Gasteiger partial charge in [0.2, 0.25) is 0 Å². The molecule has 2 N–H and O–H groups in total. The van der Waals surface area contributed by atoms with Gasteiger partial charge >= 0.3 is 0 Å². The van der Waals surface area contributed by atoms with Gasteiger partial charge in [0, 0.05) is 18.3 Å². The fourth-order valence-corrected chi connectivity index (χ4v) is 2.16. The monoisotopic (exact) mass is 272 g/mol. The number of aliphatic hydroxyl groups excluding tert-OH is 1. The molecular weight excluding hydrogens is 250 g/mol. The zero-order chi connectivity index (χ0) is 14.3. The molecule has 3 nitrogen and oxygen atoms in total. The van der Waals surface area contributed by atoms with Crippen molar-refractivity contribution in [1.29, 1.82) is 0 Å². The zero-order valence-corrected chi connectivity index (χ0v) is 11.4. The van der Waals surface area contributed by atoms with E-state index >= 15 is 0 Å². The molecule has 0 spiro atoms. The quantitative estimate of drug-likeness (QED) is 0.763. The summed E-state index contributed by atoms with van der Waals surface area (Å²) < 4.78 is 25.3. The minimum atomic E-state index is -2.42. The average molecular weight is 272 g/mol. The molecule has 5 heteroatoms. The second-order valence-electron chi connectivity index (χ2n) is 4.40. The molecular formula is C14H22F2N2O. The van der Waals surface area contributed by atoms with Crippen LogP contribution in [0.5, 0.6) is 0 Å². The maximum atomic E-state index is 12.6. The van der Waals surface area contributed by atoms with Gasteiger partial charge in [-0.1, -0.05) is 25.1 Å². The molecule has 1 aromatic rings. The summed E-state index contributed by atoms with van der Waals surface area (Å²) in [5.41, 5.74) is 1.73. The van der Waals surface area contributed by atoms with Crippen LogP contribution in [0.1, 0.15) is 25.5 Å². The van der Waals surface area contributed by atoms with Gasteiger partial charge in [-0.05, 0) is 25.1 Å². The number of para-hydroxylation sites is 1. The third-order valence-electron chi connectivity index (χ3n) is 2.98. The smallest absolute Gasteiger partial charge is 0.255 e. The number of nitrogens with one attached hydrogen (secondary N) is 1. The van der Waals surface area contributed by atoms with E-state index in [0.717, 1.165) is 17.8 Å². The number of benzene rings is 1. The molecule has 1 rings (SSSR count). The van der Waals surface area contributed by atoms with Crippen LogP contribution in [0.3, 0.4) is 0 Å². The predicted molar refractivity (Wildman–Crippen MR) is 73.8 cm³/mol. The van der Waals surface area contributed by atoms with Crippen LogP contribution in [0.2, 0.25) is 0 Å². The highest BCUT2D eigenvalue weighted by Gasteiger charge is 2.17. The van der Waals surface area contributed by atoms with Gasteiger partial charge in [-0.15, -0.1) is 0 Å². The molecule has 0 fully saturated rings. The summed E-state index contributed by atoms with van der Waals surface area (Å²) in [5.74, 6) is 0. The van der Waals surface area contributed by atoms with Gasteiger partial charge in [-0.3, -0.25) is 0 Å². The number of rotatable bonds is 8. The predicted octanol–water partition coefficient (Wildman–Crippen LogP) is 2.42. The van der Waals surface area contributed by atoms with Crippen molar-refractivity contribution in [2.24, 2.45) is 0 Å². The Kier molecular flexibility index (Phi) is 6.73. The maximum Gasteiger partial charge on any atom is 0.255 e. The van der Waals surface area contributed by atoms with E-state index in [1.807, 2.05) is 38.1 Å². The highest BCUT2D eigenvalue weighted by molar-refractivity contribution is 5.55. The van der Waals surface area contributed by atoms with Crippen LogP contribution in [0.15, 0.2) is 24.3 Å². The molecule has 0 saturated carbocycles. The molecule has 0 amide bonds. The highest BCUT2D eigenvalue weighted by atomic mass is 19.3. The summed E-state index contributed by atoms with van der Waals surface area (Å²) in [7, 11) is 0. The molecule has 0 saturated heterocycles. The minimum Gasteiger partial charge on any atom is -0.395 e. The van der Waals surface area contributed by atoms with E-state index in [2.05, 4.69) is 5.32 Å². The second-order valence-corrected chi connectivity index (χ2v) is 4.40. The van der Waals surface area contributed by atoms with E-state index in [4.69, 9.17) is 5.11 Å². The number of halogens is 2. The molecule has 0 aliphatic carbocycles. The number of alkyl halides is 2. The largest absolute Gasteiger partial charge is 0.395 e. The van der Waals surface area contributed by atoms with E-state index in [0.29, 0.717) is 0 Å². The van der Waals surface area contributed by atoms with Gasteiger partial charge < -0.3 is 15.3 Å². The molecule has 1 unspecified atom stereocenters. The number of hydrogen-bond acceptors (Lipinski definition) is 3. The van der Waals surface area contributed by atoms with Gasteiger partial charge in [0.1, 0.15) is 0 Å². The third kappa shape index (κ3) is 4.76. The third-order valence-corrected chi connectivity index (χ3v) is 2.98. The SMILES string of the molecule is CCNC(C)c1ccccc1N(CCO)CC(F)F. The first-order chi connectivity index (χ1) is 9.10. The number of aliphatic hydroxyl groups is 1. The molecule has 0 aliphatic rings. The Balaban J connectivity index is 3.00. The number of hydrogen-bond donors (Lipinski definition) is 2. The van der Waals surface area contributed by atoms with Crippen LogP contribution in [0.4, 0.5) is 14.5 Å². The van der Waals surface area contributed by atoms with E-state index in [1.54, 1.807) is 0 Å². The first-order valence-corrected chi connectivity index (χ1v) is 6.56. The van der Waals surface area contributed by atoms with Crippen molar-refractivity contribution in [2.75, 3.05) is 31.1 Å². The van der Waals surface area contributed by atoms with Crippen molar-refractivity contribution in [3.05, 3.63) is 29.8 Å². The van der Waals surface area contributed by atoms with Crippen LogP contribution >= 0.6 is 0 Å². The Hall–Kier alpha value is -1.20. The van der Waals surface area contributed by atoms with Crippen LogP contribution in [-0.2, 0) is 0 Å². The van der Waals surface area contributed by atoms with Gasteiger partial charge in [0.25, 0.3) is 6.43 Å². The van der Waals surface area contributed by atoms with E-state index < -0.39 is 6.43 Å². The van der Waals surface area contributed by atoms with Crippen molar-refractivity contribution < 1.29 is 13.9 Å². The average Bonchev–Trinajstić information content (AvgIpc) is 2.38. The van der Waals surface area contributed by atoms with Crippen molar-refractivity contribution in [3.63, 3.8) is 0 Å². The molecule has 19 heavy (non-hydrogen) atoms. The standard InChI is InChI=1S/C14H22F2N2O/c1-3-17-11(2)12-6-4-5-7-13(12)18(8-9-19)10-14(15)16/h4-7,11,14,17,19H,3,8-10H2,1-2H3. The Bertz CT molecular complexity index is 374. The Morgan fingerprint density at radius 3 is 2.58 bits per heavy atom. The first kappa shape index (κ1) is 15.9. The fraction of sp³-hybridized carbons (Fsp3) is 0.571. The lowest BCUT2D eigenvalue weighted by Crippen LogP contribution is -2.33. The fourth-order valence-electron chi connectivity index (χ4n) is 2.16. The molecule has 108 valence electrons. The number of anilines is 1. The lowest BCUT2D eigenvalue weighted by Gasteiger charge is -2.28. The molecule has 0 bridgehead atoms. The first-order valence-electron chi connectivity index (χ1n) is 6.56. The van der Waals surface area contributed by atoms with Crippen LogP contribution < -0.4 is 10.2 Å². The zero-order valence-electron chi connectivity index (χ0n) is 11.4. The van der Waals surface area contributed by atoms with E-state index in [9.17, 15) is 8.78 Å². The number of nitrogens with zero attached hydrogens (tertiary/aromatic N) is 1. The summed E-state index contributed by atoms with van der Waals surface area (Å²) in [6.45, 7) is 4.52. The van der Waals surface area contributed by atoms with Crippen molar-refractivity contribution in [3.8, 4) is 0 Å². The van der Waals surface area contributed by atoms with Crippen molar-refractivity contribution >= 4 is 5.69 Å². The maximum absolute atomic E-state index is 12.6. The molecule has 0 aromatic heterocycles. The Labute approximate surface area is 113 Å². The normalized spacial score (nSPS) is 12.7. The topological polar surface area (TPSA) is 35.5 Å². The van der Waals surface area contributed by atoms with Crippen molar-refractivity contribution in [1.82, 2.24) is 5.32 Å². The minimum absolute atomic E-state index is 0.0834. The molecule has 0 aliphatic heterocycles.